The van der Waals surface area contributed by atoms with Crippen LogP contribution in [0, 0.1) is 5.92 Å². The molecule has 0 unspecified atom stereocenters. The monoisotopic (exact) mass is 377 g/mol. The van der Waals surface area contributed by atoms with Gasteiger partial charge in [-0.1, -0.05) is 35.5 Å². The molecule has 1 aromatic rings. The summed E-state index contributed by atoms with van der Waals surface area (Å²) < 4.78 is 26.9. The lowest BCUT2D eigenvalue weighted by Crippen LogP contribution is -2.39. The van der Waals surface area contributed by atoms with Gasteiger partial charge in [-0.3, -0.25) is 4.79 Å². The maximum absolute atomic E-state index is 12.7. The van der Waals surface area contributed by atoms with Crippen molar-refractivity contribution >= 4 is 21.6 Å². The van der Waals surface area contributed by atoms with E-state index in [1.54, 1.807) is 12.1 Å². The third-order valence-corrected chi connectivity index (χ3v) is 7.01. The fourth-order valence-corrected chi connectivity index (χ4v) is 5.04. The van der Waals surface area contributed by atoms with Crippen LogP contribution in [0.25, 0.3) is 0 Å². The molecule has 1 amide bonds. The van der Waals surface area contributed by atoms with E-state index < -0.39 is 15.6 Å². The second-order valence-electron chi connectivity index (χ2n) is 7.47. The molecule has 2 fully saturated rings. The maximum atomic E-state index is 12.7. The molecule has 1 saturated carbocycles. The molecule has 1 atom stereocenters. The standard InChI is InChI=1S/C18H23N3O4S/c22-17(19-11-14-6-7-14)16-10-18(25-20-16)8-9-21(13-18)26(23,24)12-15-4-2-1-3-5-15/h1-5,14H,6-13H2,(H,19,22)/t18-/m1/s1. The Bertz CT molecular complexity index is 820. The molecule has 0 bridgehead atoms. The van der Waals surface area contributed by atoms with E-state index in [1.807, 2.05) is 18.2 Å². The van der Waals surface area contributed by atoms with E-state index in [2.05, 4.69) is 10.5 Å². The Morgan fingerprint density at radius 1 is 1.31 bits per heavy atom. The molecule has 8 heteroatoms. The quantitative estimate of drug-likeness (QED) is 0.808. The van der Waals surface area contributed by atoms with Gasteiger partial charge in [-0.15, -0.1) is 0 Å². The largest absolute Gasteiger partial charge is 0.387 e. The van der Waals surface area contributed by atoms with Crippen molar-refractivity contribution in [3.05, 3.63) is 35.9 Å². The zero-order chi connectivity index (χ0) is 18.2. The van der Waals surface area contributed by atoms with Gasteiger partial charge in [-0.2, -0.15) is 4.31 Å². The average Bonchev–Trinajstić information content (AvgIpc) is 3.21. The van der Waals surface area contributed by atoms with E-state index in [0.29, 0.717) is 37.6 Å². The third-order valence-electron chi connectivity index (χ3n) is 5.22. The number of rotatable bonds is 6. The van der Waals surface area contributed by atoms with E-state index in [9.17, 15) is 13.2 Å². The summed E-state index contributed by atoms with van der Waals surface area (Å²) in [7, 11) is -3.43. The Kier molecular flexibility index (Phi) is 4.48. The molecule has 1 spiro atoms. The van der Waals surface area contributed by atoms with Crippen LogP contribution >= 0.6 is 0 Å². The van der Waals surface area contributed by atoms with Gasteiger partial charge in [0.1, 0.15) is 5.71 Å². The molecule has 26 heavy (non-hydrogen) atoms. The lowest BCUT2D eigenvalue weighted by atomic mass is 9.96. The van der Waals surface area contributed by atoms with Crippen LogP contribution in [0.1, 0.15) is 31.2 Å². The molecule has 1 aromatic carbocycles. The summed E-state index contributed by atoms with van der Waals surface area (Å²) >= 11 is 0. The summed E-state index contributed by atoms with van der Waals surface area (Å²) in [6.45, 7) is 1.31. The minimum absolute atomic E-state index is 0.0283. The highest BCUT2D eigenvalue weighted by Crippen LogP contribution is 2.35. The van der Waals surface area contributed by atoms with Crippen molar-refractivity contribution in [2.24, 2.45) is 11.1 Å². The molecule has 2 aliphatic heterocycles. The predicted molar refractivity (Wildman–Crippen MR) is 96.9 cm³/mol. The van der Waals surface area contributed by atoms with E-state index in [1.165, 1.54) is 17.1 Å². The highest BCUT2D eigenvalue weighted by molar-refractivity contribution is 7.88. The Hall–Kier alpha value is -1.93. The zero-order valence-corrected chi connectivity index (χ0v) is 15.4. The Morgan fingerprint density at radius 2 is 2.08 bits per heavy atom. The minimum atomic E-state index is -3.43. The van der Waals surface area contributed by atoms with Gasteiger partial charge < -0.3 is 10.2 Å². The van der Waals surface area contributed by atoms with Crippen LogP contribution in [0.4, 0.5) is 0 Å². The molecule has 1 saturated heterocycles. The van der Waals surface area contributed by atoms with E-state index >= 15 is 0 Å². The molecule has 1 aliphatic carbocycles. The van der Waals surface area contributed by atoms with Crippen LogP contribution in [0.15, 0.2) is 35.5 Å². The van der Waals surface area contributed by atoms with Gasteiger partial charge in [0, 0.05) is 25.9 Å². The fourth-order valence-electron chi connectivity index (χ4n) is 3.44. The number of oxime groups is 1. The normalized spacial score (nSPS) is 25.9. The molecule has 140 valence electrons. The third kappa shape index (κ3) is 3.76. The Labute approximate surface area is 153 Å². The lowest BCUT2D eigenvalue weighted by Gasteiger charge is -2.21. The molecule has 1 N–H and O–H groups in total. The van der Waals surface area contributed by atoms with Gasteiger partial charge in [0.05, 0.1) is 12.3 Å². The lowest BCUT2D eigenvalue weighted by molar-refractivity contribution is -0.115. The highest BCUT2D eigenvalue weighted by atomic mass is 32.2. The summed E-state index contributed by atoms with van der Waals surface area (Å²) in [4.78, 5) is 17.7. The topological polar surface area (TPSA) is 88.1 Å². The SMILES string of the molecule is O=C(NCC1CC1)C1=NO[C@]2(CCN(S(=O)(=O)Cc3ccccc3)C2)C1. The average molecular weight is 377 g/mol. The van der Waals surface area contributed by atoms with Gasteiger partial charge in [0.15, 0.2) is 5.60 Å². The van der Waals surface area contributed by atoms with Crippen molar-refractivity contribution in [1.82, 2.24) is 9.62 Å². The number of hydrogen-bond acceptors (Lipinski definition) is 5. The Balaban J connectivity index is 1.35. The van der Waals surface area contributed by atoms with Gasteiger partial charge in [-0.25, -0.2) is 8.42 Å². The number of amides is 1. The molecule has 2 heterocycles. The first-order valence-electron chi connectivity index (χ1n) is 9.01. The van der Waals surface area contributed by atoms with Crippen molar-refractivity contribution in [3.8, 4) is 0 Å². The zero-order valence-electron chi connectivity index (χ0n) is 14.6. The van der Waals surface area contributed by atoms with Gasteiger partial charge in [-0.05, 0) is 24.3 Å². The summed E-state index contributed by atoms with van der Waals surface area (Å²) in [6, 6.07) is 9.13. The summed E-state index contributed by atoms with van der Waals surface area (Å²) in [5.74, 6) is 0.375. The summed E-state index contributed by atoms with van der Waals surface area (Å²) in [5.41, 5.74) is 0.431. The molecule has 3 aliphatic rings. The Morgan fingerprint density at radius 3 is 2.81 bits per heavy atom. The number of nitrogens with zero attached hydrogens (tertiary/aromatic N) is 2. The fraction of sp³-hybridized carbons (Fsp3) is 0.556. The van der Waals surface area contributed by atoms with E-state index in [-0.39, 0.29) is 18.2 Å². The van der Waals surface area contributed by atoms with Gasteiger partial charge in [0.2, 0.25) is 10.0 Å². The maximum Gasteiger partial charge on any atom is 0.269 e. The molecular formula is C18H23N3O4S. The van der Waals surface area contributed by atoms with Crippen LogP contribution in [0.3, 0.4) is 0 Å². The van der Waals surface area contributed by atoms with Crippen molar-refractivity contribution in [2.75, 3.05) is 19.6 Å². The van der Waals surface area contributed by atoms with Crippen molar-refractivity contribution < 1.29 is 18.0 Å². The second-order valence-corrected chi connectivity index (χ2v) is 9.44. The number of hydrogen-bond donors (Lipinski definition) is 1. The first-order chi connectivity index (χ1) is 12.5. The summed E-state index contributed by atoms with van der Waals surface area (Å²) in [6.07, 6.45) is 3.24. The van der Waals surface area contributed by atoms with Crippen molar-refractivity contribution in [3.63, 3.8) is 0 Å². The molecule has 7 nitrogen and oxygen atoms in total. The highest BCUT2D eigenvalue weighted by Gasteiger charge is 2.49. The van der Waals surface area contributed by atoms with E-state index in [4.69, 9.17) is 4.84 Å². The van der Waals surface area contributed by atoms with Crippen LogP contribution in [0.5, 0.6) is 0 Å². The van der Waals surface area contributed by atoms with Crippen LogP contribution in [-0.2, 0) is 25.4 Å². The molecule has 4 rings (SSSR count). The minimum Gasteiger partial charge on any atom is -0.387 e. The van der Waals surface area contributed by atoms with Crippen LogP contribution in [-0.4, -0.2) is 49.6 Å². The molecular weight excluding hydrogens is 354 g/mol. The first kappa shape index (κ1) is 17.5. The first-order valence-corrected chi connectivity index (χ1v) is 10.6. The van der Waals surface area contributed by atoms with Gasteiger partial charge >= 0.3 is 0 Å². The van der Waals surface area contributed by atoms with Crippen LogP contribution < -0.4 is 5.32 Å². The number of benzene rings is 1. The number of carbonyl (C=O) groups is 1. The summed E-state index contributed by atoms with van der Waals surface area (Å²) in [5, 5.41) is 6.84. The van der Waals surface area contributed by atoms with E-state index in [0.717, 1.165) is 5.56 Å². The van der Waals surface area contributed by atoms with Crippen LogP contribution in [0.2, 0.25) is 0 Å². The van der Waals surface area contributed by atoms with Gasteiger partial charge in [0.25, 0.3) is 5.91 Å². The number of sulfonamides is 1. The smallest absolute Gasteiger partial charge is 0.269 e. The second kappa shape index (κ2) is 6.66. The number of nitrogens with one attached hydrogen (secondary N) is 1. The number of carbonyl (C=O) groups excluding carboxylic acids is 1. The molecule has 0 aromatic heterocycles. The predicted octanol–water partition coefficient (Wildman–Crippen LogP) is 1.26. The van der Waals surface area contributed by atoms with Crippen molar-refractivity contribution in [1.29, 1.82) is 0 Å². The van der Waals surface area contributed by atoms with Crippen molar-refractivity contribution in [2.45, 2.75) is 37.0 Å². The molecule has 0 radical (unpaired) electrons.